The van der Waals surface area contributed by atoms with E-state index in [4.69, 9.17) is 0 Å². The maximum Gasteiger partial charge on any atom is 0.264 e. The van der Waals surface area contributed by atoms with E-state index < -0.39 is 0 Å². The Balaban J connectivity index is 2.10. The normalized spacial score (nSPS) is 16.3. The first-order chi connectivity index (χ1) is 8.75. The van der Waals surface area contributed by atoms with Crippen molar-refractivity contribution in [2.75, 3.05) is 0 Å². The van der Waals surface area contributed by atoms with Crippen LogP contribution in [0.4, 0.5) is 0 Å². The Bertz CT molecular complexity index is 600. The van der Waals surface area contributed by atoms with Gasteiger partial charge in [0.2, 0.25) is 0 Å². The summed E-state index contributed by atoms with van der Waals surface area (Å²) < 4.78 is 1.32. The fourth-order valence-electron chi connectivity index (χ4n) is 2.38. The summed E-state index contributed by atoms with van der Waals surface area (Å²) in [6.45, 7) is 0. The van der Waals surface area contributed by atoms with Crippen molar-refractivity contribution in [3.63, 3.8) is 0 Å². The average Bonchev–Trinajstić information content (AvgIpc) is 3.03. The molecule has 0 saturated heterocycles. The lowest BCUT2D eigenvalue weighted by Gasteiger charge is -2.10. The third-order valence-electron chi connectivity index (χ3n) is 3.30. The Morgan fingerprint density at radius 2 is 2.17 bits per heavy atom. The van der Waals surface area contributed by atoms with Crippen LogP contribution >= 0.6 is 16.1 Å². The minimum atomic E-state index is -0.120. The van der Waals surface area contributed by atoms with Crippen LogP contribution in [0.25, 0.3) is 11.5 Å². The molecule has 2 heterocycles. The minimum absolute atomic E-state index is 0.120. The first kappa shape index (κ1) is 11.6. The molecule has 0 radical (unpaired) electrons. The molecule has 0 aliphatic heterocycles. The number of H-pyrrole nitrogens is 1. The van der Waals surface area contributed by atoms with Gasteiger partial charge in [0, 0.05) is 12.0 Å². The monoisotopic (exact) mass is 309 g/mol. The van der Waals surface area contributed by atoms with Crippen molar-refractivity contribution in [1.82, 2.24) is 24.0 Å². The molecule has 94 valence electrons. The van der Waals surface area contributed by atoms with Crippen LogP contribution in [0.1, 0.15) is 37.3 Å². The lowest BCUT2D eigenvalue weighted by Crippen LogP contribution is -2.18. The molecule has 0 aromatic carbocycles. The summed E-state index contributed by atoms with van der Waals surface area (Å²) in [4.78, 5) is 16.5. The van der Waals surface area contributed by atoms with Crippen LogP contribution in [-0.2, 0) is 0 Å². The number of halogens is 1. The second kappa shape index (κ2) is 4.64. The van der Waals surface area contributed by atoms with Gasteiger partial charge in [-0.05, 0) is 12.8 Å². The van der Waals surface area contributed by atoms with E-state index in [9.17, 15) is 4.79 Å². The molecule has 2 aromatic heterocycles. The number of aromatic nitrogens is 5. The van der Waals surface area contributed by atoms with Crippen LogP contribution < -0.4 is 5.56 Å². The Morgan fingerprint density at radius 3 is 2.83 bits per heavy atom. The summed E-state index contributed by atoms with van der Waals surface area (Å²) >= 11 is 3.20. The molecule has 3 rings (SSSR count). The van der Waals surface area contributed by atoms with Crippen LogP contribution in [0.15, 0.2) is 17.1 Å². The summed E-state index contributed by atoms with van der Waals surface area (Å²) in [6, 6.07) is 1.61. The number of nitrogens with one attached hydrogen (secondary N) is 1. The van der Waals surface area contributed by atoms with Gasteiger partial charge in [-0.15, -0.1) is 0 Å². The van der Waals surface area contributed by atoms with Gasteiger partial charge in [0.25, 0.3) is 5.56 Å². The molecule has 1 aliphatic rings. The van der Waals surface area contributed by atoms with Gasteiger partial charge in [0.15, 0.2) is 5.82 Å². The number of hydrogen-bond donors (Lipinski definition) is 1. The molecule has 6 nitrogen and oxygen atoms in total. The summed E-state index contributed by atoms with van der Waals surface area (Å²) in [5, 5.41) is 10.2. The van der Waals surface area contributed by atoms with E-state index in [1.54, 1.807) is 12.3 Å². The first-order valence-electron chi connectivity index (χ1n) is 5.92. The molecule has 2 aromatic rings. The molecule has 1 aliphatic carbocycles. The van der Waals surface area contributed by atoms with Crippen LogP contribution in [0, 0.1) is 0 Å². The molecule has 7 heteroatoms. The van der Waals surface area contributed by atoms with Crippen molar-refractivity contribution < 1.29 is 0 Å². The fraction of sp³-hybridized carbons (Fsp3) is 0.455. The molecule has 0 amide bonds. The highest BCUT2D eigenvalue weighted by Gasteiger charge is 2.21. The predicted octanol–water partition coefficient (Wildman–Crippen LogP) is 1.84. The maximum absolute atomic E-state index is 11.9. The molecular weight excluding hydrogens is 298 g/mol. The van der Waals surface area contributed by atoms with Crippen molar-refractivity contribution >= 4 is 16.1 Å². The lowest BCUT2D eigenvalue weighted by atomic mass is 10.0. The smallest absolute Gasteiger partial charge is 0.264 e. The highest BCUT2D eigenvalue weighted by atomic mass is 79.9. The zero-order valence-electron chi connectivity index (χ0n) is 9.64. The SMILES string of the molecule is O=c1cc(C2CCCC2)nc(-c2cn[nH]n2)n1Br. The minimum Gasteiger partial charge on any atom is -0.268 e. The van der Waals surface area contributed by atoms with Gasteiger partial charge in [-0.25, -0.2) is 8.58 Å². The molecule has 0 unspecified atom stereocenters. The van der Waals surface area contributed by atoms with E-state index in [0.717, 1.165) is 18.5 Å². The van der Waals surface area contributed by atoms with Crippen molar-refractivity contribution in [2.45, 2.75) is 31.6 Å². The molecule has 0 spiro atoms. The molecular formula is C11H12BrN5O. The van der Waals surface area contributed by atoms with Crippen molar-refractivity contribution in [3.05, 3.63) is 28.3 Å². The van der Waals surface area contributed by atoms with E-state index in [2.05, 4.69) is 36.5 Å². The highest BCUT2D eigenvalue weighted by molar-refractivity contribution is 9.08. The van der Waals surface area contributed by atoms with Crippen molar-refractivity contribution in [1.29, 1.82) is 0 Å². The van der Waals surface area contributed by atoms with Gasteiger partial charge in [-0.1, -0.05) is 12.8 Å². The van der Waals surface area contributed by atoms with Crippen LogP contribution in [0.5, 0.6) is 0 Å². The second-order valence-electron chi connectivity index (χ2n) is 4.46. The van der Waals surface area contributed by atoms with E-state index in [-0.39, 0.29) is 5.56 Å². The number of rotatable bonds is 2. The summed E-state index contributed by atoms with van der Waals surface area (Å²) in [6.07, 6.45) is 6.19. The Kier molecular flexibility index (Phi) is 2.99. The second-order valence-corrected chi connectivity index (χ2v) is 5.17. The van der Waals surface area contributed by atoms with Gasteiger partial charge in [0.05, 0.1) is 28.0 Å². The van der Waals surface area contributed by atoms with E-state index >= 15 is 0 Å². The molecule has 1 fully saturated rings. The van der Waals surface area contributed by atoms with Gasteiger partial charge in [-0.2, -0.15) is 15.4 Å². The van der Waals surface area contributed by atoms with E-state index in [1.807, 2.05) is 0 Å². The molecule has 0 atom stereocenters. The summed E-state index contributed by atoms with van der Waals surface area (Å²) in [5.41, 5.74) is 1.31. The predicted molar refractivity (Wildman–Crippen MR) is 69.4 cm³/mol. The third kappa shape index (κ3) is 1.98. The van der Waals surface area contributed by atoms with Crippen LogP contribution in [0.2, 0.25) is 0 Å². The Labute approximate surface area is 112 Å². The highest BCUT2D eigenvalue weighted by Crippen LogP contribution is 2.33. The zero-order chi connectivity index (χ0) is 12.5. The number of nitrogens with zero attached hydrogens (tertiary/aromatic N) is 4. The number of hydrogen-bond acceptors (Lipinski definition) is 4. The van der Waals surface area contributed by atoms with E-state index in [0.29, 0.717) is 17.4 Å². The van der Waals surface area contributed by atoms with Gasteiger partial charge >= 0.3 is 0 Å². The van der Waals surface area contributed by atoms with Crippen molar-refractivity contribution in [3.8, 4) is 11.5 Å². The van der Waals surface area contributed by atoms with Crippen molar-refractivity contribution in [2.24, 2.45) is 0 Å². The van der Waals surface area contributed by atoms with E-state index in [1.165, 1.54) is 16.4 Å². The lowest BCUT2D eigenvalue weighted by molar-refractivity contribution is 0.691. The number of aromatic amines is 1. The third-order valence-corrected chi connectivity index (χ3v) is 3.99. The average molecular weight is 310 g/mol. The molecule has 0 bridgehead atoms. The Hall–Kier alpha value is -1.50. The Morgan fingerprint density at radius 1 is 1.39 bits per heavy atom. The first-order valence-corrected chi connectivity index (χ1v) is 6.63. The van der Waals surface area contributed by atoms with Crippen LogP contribution in [0.3, 0.4) is 0 Å². The summed E-state index contributed by atoms with van der Waals surface area (Å²) in [7, 11) is 0. The molecule has 1 saturated carbocycles. The molecule has 18 heavy (non-hydrogen) atoms. The largest absolute Gasteiger partial charge is 0.268 e. The zero-order valence-corrected chi connectivity index (χ0v) is 11.2. The van der Waals surface area contributed by atoms with Crippen LogP contribution in [-0.4, -0.2) is 24.0 Å². The fourth-order valence-corrected chi connectivity index (χ4v) is 2.75. The van der Waals surface area contributed by atoms with Gasteiger partial charge in [-0.3, -0.25) is 4.79 Å². The van der Waals surface area contributed by atoms with Gasteiger partial charge in [0.1, 0.15) is 5.69 Å². The summed E-state index contributed by atoms with van der Waals surface area (Å²) in [5.74, 6) is 0.898. The topological polar surface area (TPSA) is 76.5 Å². The van der Waals surface area contributed by atoms with Gasteiger partial charge < -0.3 is 0 Å². The standard InChI is InChI=1S/C11H12BrN5O/c12-17-10(18)5-8(7-3-1-2-4-7)14-11(17)9-6-13-16-15-9/h5-7H,1-4H2,(H,13,15,16). The molecule has 1 N–H and O–H groups in total. The quantitative estimate of drug-likeness (QED) is 0.918. The maximum atomic E-state index is 11.9.